The Hall–Kier alpha value is -3.41. The molecule has 1 N–H and O–H groups in total. The van der Waals surface area contributed by atoms with Crippen LogP contribution in [0.5, 0.6) is 5.88 Å². The van der Waals surface area contributed by atoms with E-state index in [1.165, 1.54) is 5.56 Å². The Morgan fingerprint density at radius 3 is 2.72 bits per heavy atom. The molecule has 0 aliphatic heterocycles. The van der Waals surface area contributed by atoms with Crippen molar-refractivity contribution in [2.75, 3.05) is 19.0 Å². The molecule has 0 radical (unpaired) electrons. The van der Waals surface area contributed by atoms with E-state index >= 15 is 0 Å². The van der Waals surface area contributed by atoms with Gasteiger partial charge in [0.05, 0.1) is 7.11 Å². The minimum absolute atomic E-state index is 0.407. The second-order valence-corrected chi connectivity index (χ2v) is 7.08. The predicted octanol–water partition coefficient (Wildman–Crippen LogP) is 4.71. The lowest BCUT2D eigenvalue weighted by atomic mass is 9.96. The summed E-state index contributed by atoms with van der Waals surface area (Å²) >= 11 is 0. The number of hydrogen-bond acceptors (Lipinski definition) is 5. The van der Waals surface area contributed by atoms with Gasteiger partial charge in [0.2, 0.25) is 5.88 Å². The molecule has 0 bridgehead atoms. The van der Waals surface area contributed by atoms with Crippen LogP contribution in [0.2, 0.25) is 0 Å². The first-order valence-electron chi connectivity index (χ1n) is 9.83. The van der Waals surface area contributed by atoms with Crippen molar-refractivity contribution < 1.29 is 4.74 Å². The highest BCUT2D eigenvalue weighted by Gasteiger charge is 2.13. The Bertz CT molecular complexity index is 1110. The van der Waals surface area contributed by atoms with Crippen molar-refractivity contribution in [1.82, 2.24) is 19.4 Å². The SMILES string of the molecule is CCC(CNc1cc(OC)nc(-c2cn3ccnc3cc2C)n1)c1ccccc1. The molecule has 148 valence electrons. The van der Waals surface area contributed by atoms with Crippen molar-refractivity contribution in [3.8, 4) is 17.3 Å². The van der Waals surface area contributed by atoms with Gasteiger partial charge in [0.15, 0.2) is 5.82 Å². The van der Waals surface area contributed by atoms with Gasteiger partial charge in [-0.1, -0.05) is 37.3 Å². The largest absolute Gasteiger partial charge is 0.481 e. The fourth-order valence-electron chi connectivity index (χ4n) is 3.48. The van der Waals surface area contributed by atoms with Gasteiger partial charge in [-0.2, -0.15) is 4.98 Å². The van der Waals surface area contributed by atoms with E-state index in [0.717, 1.165) is 35.6 Å². The molecule has 0 aliphatic rings. The molecular weight excluding hydrogens is 362 g/mol. The number of hydrogen-bond donors (Lipinski definition) is 1. The zero-order valence-corrected chi connectivity index (χ0v) is 17.0. The predicted molar refractivity (Wildman–Crippen MR) is 115 cm³/mol. The fourth-order valence-corrected chi connectivity index (χ4v) is 3.48. The van der Waals surface area contributed by atoms with Crippen LogP contribution in [0.25, 0.3) is 17.0 Å². The molecule has 0 spiro atoms. The summed E-state index contributed by atoms with van der Waals surface area (Å²) in [6.07, 6.45) is 6.76. The molecule has 1 unspecified atom stereocenters. The van der Waals surface area contributed by atoms with E-state index in [9.17, 15) is 0 Å². The minimum atomic E-state index is 0.407. The molecule has 1 aromatic carbocycles. The second-order valence-electron chi connectivity index (χ2n) is 7.08. The Labute approximate surface area is 170 Å². The number of rotatable bonds is 7. The first-order chi connectivity index (χ1) is 14.2. The fraction of sp³-hybridized carbons (Fsp3) is 0.261. The molecule has 4 aromatic rings. The highest BCUT2D eigenvalue weighted by atomic mass is 16.5. The Balaban J connectivity index is 1.63. The van der Waals surface area contributed by atoms with Crippen LogP contribution in [0.4, 0.5) is 5.82 Å². The standard InChI is InChI=1S/C23H25N5O/c1-4-17(18-8-6-5-7-9-18)14-25-20-13-22(29-3)27-23(26-20)19-15-28-11-10-24-21(28)12-16(19)2/h5-13,15,17H,4,14H2,1-3H3,(H,25,26,27). The summed E-state index contributed by atoms with van der Waals surface area (Å²) in [6, 6.07) is 14.4. The number of aromatic nitrogens is 4. The second kappa shape index (κ2) is 8.31. The number of aryl methyl sites for hydroxylation is 1. The van der Waals surface area contributed by atoms with Gasteiger partial charge in [-0.15, -0.1) is 0 Å². The van der Waals surface area contributed by atoms with Crippen LogP contribution in [-0.4, -0.2) is 33.0 Å². The zero-order valence-electron chi connectivity index (χ0n) is 17.0. The lowest BCUT2D eigenvalue weighted by Gasteiger charge is -2.17. The lowest BCUT2D eigenvalue weighted by molar-refractivity contribution is 0.397. The molecule has 0 fully saturated rings. The Morgan fingerprint density at radius 2 is 1.97 bits per heavy atom. The number of methoxy groups -OCH3 is 1. The molecule has 1 atom stereocenters. The molecule has 0 saturated heterocycles. The van der Waals surface area contributed by atoms with E-state index in [0.29, 0.717) is 17.6 Å². The van der Waals surface area contributed by atoms with Crippen molar-refractivity contribution in [2.45, 2.75) is 26.2 Å². The van der Waals surface area contributed by atoms with Crippen LogP contribution in [0.15, 0.2) is 61.1 Å². The number of pyridine rings is 1. The van der Waals surface area contributed by atoms with Gasteiger partial charge < -0.3 is 14.5 Å². The van der Waals surface area contributed by atoms with Gasteiger partial charge in [0, 0.05) is 42.7 Å². The summed E-state index contributed by atoms with van der Waals surface area (Å²) in [4.78, 5) is 13.7. The molecule has 29 heavy (non-hydrogen) atoms. The third kappa shape index (κ3) is 4.06. The van der Waals surface area contributed by atoms with E-state index in [1.54, 1.807) is 13.3 Å². The number of fused-ring (bicyclic) bond motifs is 1. The van der Waals surface area contributed by atoms with Gasteiger partial charge in [-0.05, 0) is 30.5 Å². The number of ether oxygens (including phenoxy) is 1. The third-order valence-corrected chi connectivity index (χ3v) is 5.18. The quantitative estimate of drug-likeness (QED) is 0.497. The van der Waals surface area contributed by atoms with Crippen LogP contribution < -0.4 is 10.1 Å². The molecule has 0 amide bonds. The van der Waals surface area contributed by atoms with E-state index in [-0.39, 0.29) is 0 Å². The summed E-state index contributed by atoms with van der Waals surface area (Å²) in [6.45, 7) is 5.04. The summed E-state index contributed by atoms with van der Waals surface area (Å²) in [5.74, 6) is 2.33. The monoisotopic (exact) mass is 387 g/mol. The number of imidazole rings is 1. The van der Waals surface area contributed by atoms with E-state index < -0.39 is 0 Å². The van der Waals surface area contributed by atoms with Gasteiger partial charge in [-0.3, -0.25) is 0 Å². The van der Waals surface area contributed by atoms with E-state index in [4.69, 9.17) is 9.72 Å². The smallest absolute Gasteiger partial charge is 0.218 e. The lowest BCUT2D eigenvalue weighted by Crippen LogP contribution is -2.13. The van der Waals surface area contributed by atoms with E-state index in [1.807, 2.05) is 41.9 Å². The first-order valence-corrected chi connectivity index (χ1v) is 9.83. The van der Waals surface area contributed by atoms with Gasteiger partial charge in [0.1, 0.15) is 11.5 Å². The van der Waals surface area contributed by atoms with Crippen molar-refractivity contribution in [3.63, 3.8) is 0 Å². The van der Waals surface area contributed by atoms with Crippen LogP contribution in [0.1, 0.15) is 30.4 Å². The number of nitrogens with one attached hydrogen (secondary N) is 1. The van der Waals surface area contributed by atoms with Crippen LogP contribution in [0.3, 0.4) is 0 Å². The summed E-state index contributed by atoms with van der Waals surface area (Å²) < 4.78 is 7.41. The first kappa shape index (κ1) is 18.9. The average molecular weight is 387 g/mol. The van der Waals surface area contributed by atoms with Crippen molar-refractivity contribution in [2.24, 2.45) is 0 Å². The Morgan fingerprint density at radius 1 is 1.14 bits per heavy atom. The van der Waals surface area contributed by atoms with Crippen molar-refractivity contribution >= 4 is 11.5 Å². The maximum absolute atomic E-state index is 5.44. The molecule has 6 heteroatoms. The highest BCUT2D eigenvalue weighted by molar-refractivity contribution is 5.64. The summed E-state index contributed by atoms with van der Waals surface area (Å²) in [7, 11) is 1.63. The topological polar surface area (TPSA) is 64.3 Å². The van der Waals surface area contributed by atoms with Crippen LogP contribution in [-0.2, 0) is 0 Å². The van der Waals surface area contributed by atoms with Crippen molar-refractivity contribution in [3.05, 3.63) is 72.2 Å². The molecular formula is C23H25N5O. The number of nitrogens with zero attached hydrogens (tertiary/aromatic N) is 4. The summed E-state index contributed by atoms with van der Waals surface area (Å²) in [5.41, 5.74) is 4.25. The molecule has 0 saturated carbocycles. The van der Waals surface area contributed by atoms with Gasteiger partial charge in [0.25, 0.3) is 0 Å². The Kier molecular flexibility index (Phi) is 5.42. The maximum Gasteiger partial charge on any atom is 0.218 e. The van der Waals surface area contributed by atoms with Crippen molar-refractivity contribution in [1.29, 1.82) is 0 Å². The van der Waals surface area contributed by atoms with Gasteiger partial charge in [-0.25, -0.2) is 9.97 Å². The minimum Gasteiger partial charge on any atom is -0.481 e. The summed E-state index contributed by atoms with van der Waals surface area (Å²) in [5, 5.41) is 3.48. The number of benzene rings is 1. The third-order valence-electron chi connectivity index (χ3n) is 5.18. The maximum atomic E-state index is 5.44. The van der Waals surface area contributed by atoms with Crippen LogP contribution >= 0.6 is 0 Å². The molecule has 3 heterocycles. The highest BCUT2D eigenvalue weighted by Crippen LogP contribution is 2.26. The molecule has 4 rings (SSSR count). The van der Waals surface area contributed by atoms with Crippen LogP contribution in [0, 0.1) is 6.92 Å². The number of anilines is 1. The normalized spacial score (nSPS) is 12.1. The van der Waals surface area contributed by atoms with E-state index in [2.05, 4.69) is 46.5 Å². The molecule has 6 nitrogen and oxygen atoms in total. The molecule has 3 aromatic heterocycles. The molecule has 0 aliphatic carbocycles. The van der Waals surface area contributed by atoms with Gasteiger partial charge >= 0.3 is 0 Å². The average Bonchev–Trinajstić information content (AvgIpc) is 3.21. The zero-order chi connectivity index (χ0) is 20.2.